The van der Waals surface area contributed by atoms with E-state index in [1.54, 1.807) is 6.08 Å². The van der Waals surface area contributed by atoms with E-state index in [4.69, 9.17) is 14.2 Å². The molecule has 0 aromatic rings. The molecule has 11 nitrogen and oxygen atoms in total. The molecule has 0 spiro atoms. The third-order valence-corrected chi connectivity index (χ3v) is 11.7. The molecular formula is C55H93NO10. The van der Waals surface area contributed by atoms with Crippen LogP contribution in [0.4, 0.5) is 0 Å². The Morgan fingerprint density at radius 1 is 0.606 bits per heavy atom. The van der Waals surface area contributed by atoms with E-state index < -0.39 is 67.4 Å². The molecule has 0 saturated carbocycles. The highest BCUT2D eigenvalue weighted by Crippen LogP contribution is 2.26. The van der Waals surface area contributed by atoms with Crippen LogP contribution in [-0.2, 0) is 23.8 Å². The Bertz CT molecular complexity index is 1390. The predicted octanol–water partition coefficient (Wildman–Crippen LogP) is 10.7. The lowest BCUT2D eigenvalue weighted by Crippen LogP contribution is -2.61. The van der Waals surface area contributed by atoms with Crippen molar-refractivity contribution in [3.05, 3.63) is 85.1 Å². The summed E-state index contributed by atoms with van der Waals surface area (Å²) in [6.45, 7) is 5.53. The number of amides is 1. The minimum Gasteiger partial charge on any atom is -0.454 e. The second kappa shape index (κ2) is 43.1. The first kappa shape index (κ1) is 60.9. The Balaban J connectivity index is 2.85. The molecule has 0 bridgehead atoms. The third-order valence-electron chi connectivity index (χ3n) is 11.7. The van der Waals surface area contributed by atoms with Crippen LogP contribution in [-0.4, -0.2) is 99.6 Å². The maximum Gasteiger partial charge on any atom is 0.306 e. The van der Waals surface area contributed by atoms with Crippen LogP contribution in [0.5, 0.6) is 0 Å². The molecule has 1 aliphatic rings. The average molecular weight is 928 g/mol. The Hall–Kier alpha value is -3.16. The Labute approximate surface area is 400 Å². The van der Waals surface area contributed by atoms with Crippen molar-refractivity contribution in [3.8, 4) is 0 Å². The van der Waals surface area contributed by atoms with Crippen LogP contribution in [0.2, 0.25) is 0 Å². The Morgan fingerprint density at radius 3 is 1.65 bits per heavy atom. The summed E-state index contributed by atoms with van der Waals surface area (Å²) in [5.74, 6) is -1.30. The summed E-state index contributed by atoms with van der Waals surface area (Å²) in [6.07, 6.45) is 43.7. The molecule has 1 aliphatic heterocycles. The van der Waals surface area contributed by atoms with Gasteiger partial charge >= 0.3 is 5.97 Å². The summed E-state index contributed by atoms with van der Waals surface area (Å²) >= 11 is 0. The number of carbonyl (C=O) groups is 2. The van der Waals surface area contributed by atoms with Crippen molar-refractivity contribution in [2.45, 2.75) is 237 Å². The van der Waals surface area contributed by atoms with E-state index in [0.29, 0.717) is 12.8 Å². The minimum atomic E-state index is -1.63. The van der Waals surface area contributed by atoms with Crippen molar-refractivity contribution < 1.29 is 49.3 Å². The summed E-state index contributed by atoms with van der Waals surface area (Å²) in [5.41, 5.74) is 0. The van der Waals surface area contributed by atoms with Gasteiger partial charge in [-0.3, -0.25) is 9.59 Å². The minimum absolute atomic E-state index is 0.0908. The lowest BCUT2D eigenvalue weighted by Gasteiger charge is -2.41. The van der Waals surface area contributed by atoms with E-state index in [0.717, 1.165) is 57.8 Å². The number of nitrogens with one attached hydrogen (secondary N) is 1. The van der Waals surface area contributed by atoms with Crippen molar-refractivity contribution in [2.75, 3.05) is 13.2 Å². The van der Waals surface area contributed by atoms with Gasteiger partial charge in [0.2, 0.25) is 5.91 Å². The van der Waals surface area contributed by atoms with Crippen LogP contribution in [0.15, 0.2) is 85.1 Å². The summed E-state index contributed by atoms with van der Waals surface area (Å²) in [4.78, 5) is 26.3. The monoisotopic (exact) mass is 928 g/mol. The third kappa shape index (κ3) is 31.7. The average Bonchev–Trinajstić information content (AvgIpc) is 3.31. The molecule has 1 saturated heterocycles. The summed E-state index contributed by atoms with van der Waals surface area (Å²) < 4.78 is 17.4. The molecule has 8 atom stereocenters. The number of hydrogen-bond donors (Lipinski definition) is 6. The summed E-state index contributed by atoms with van der Waals surface area (Å²) in [7, 11) is 0. The standard InChI is InChI=1S/C55H93NO10/c1-4-7-10-13-16-19-22-24-25-28-31-34-37-40-43-50(60)66-53-52(62)51(61)49(44-57)65-55(53)64-45-46(47(58)41-38-35-32-29-26-21-18-15-12-9-6-3)56-54(63)48(59)42-39-36-33-30-27-23-20-17-14-11-8-5-2/h8,11,14,17,20,23,25,27-28,30,33,36,38,41,46-49,51-53,55,57-59,61-62H,4-7,9-10,12-13,15-16,18-19,21-22,24,26,29,31-32,34-35,37,39-40,42-45H2,1-3H3,(H,56,63)/b11-8+,17-14+,23-20-,28-25-,30-27-,36-33+,41-38+. The fourth-order valence-corrected chi connectivity index (χ4v) is 7.50. The maximum absolute atomic E-state index is 13.3. The SMILES string of the molecule is CC/C=C/C=C/C=C\C=C/C=C/CCC(O)C(=O)NC(COC1OC(CO)C(O)C(O)C1OC(=O)CCCCC/C=C\CCCCCCCCC)C(O)/C=C/CCCCCCCCCCC. The molecule has 1 heterocycles. The van der Waals surface area contributed by atoms with Gasteiger partial charge in [-0.15, -0.1) is 0 Å². The topological polar surface area (TPSA) is 175 Å². The van der Waals surface area contributed by atoms with Gasteiger partial charge in [0.15, 0.2) is 12.4 Å². The van der Waals surface area contributed by atoms with Crippen molar-refractivity contribution in [3.63, 3.8) is 0 Å². The zero-order valence-corrected chi connectivity index (χ0v) is 41.3. The zero-order valence-electron chi connectivity index (χ0n) is 41.3. The van der Waals surface area contributed by atoms with Crippen LogP contribution < -0.4 is 5.32 Å². The van der Waals surface area contributed by atoms with Gasteiger partial charge in [0.25, 0.3) is 0 Å². The smallest absolute Gasteiger partial charge is 0.306 e. The number of hydrogen-bond acceptors (Lipinski definition) is 10. The van der Waals surface area contributed by atoms with Crippen molar-refractivity contribution >= 4 is 11.9 Å². The highest BCUT2D eigenvalue weighted by molar-refractivity contribution is 5.80. The van der Waals surface area contributed by atoms with Gasteiger partial charge in [0.1, 0.15) is 24.4 Å². The number of ether oxygens (including phenoxy) is 3. The molecule has 1 fully saturated rings. The molecule has 0 aromatic heterocycles. The molecule has 11 heteroatoms. The maximum atomic E-state index is 13.3. The molecule has 66 heavy (non-hydrogen) atoms. The molecule has 0 aliphatic carbocycles. The van der Waals surface area contributed by atoms with Crippen LogP contribution >= 0.6 is 0 Å². The van der Waals surface area contributed by atoms with E-state index in [1.807, 2.05) is 60.8 Å². The number of unbranched alkanes of at least 4 members (excludes halogenated alkanes) is 19. The fourth-order valence-electron chi connectivity index (χ4n) is 7.50. The lowest BCUT2D eigenvalue weighted by atomic mass is 9.99. The largest absolute Gasteiger partial charge is 0.454 e. The molecule has 0 radical (unpaired) electrons. The molecular weight excluding hydrogens is 835 g/mol. The van der Waals surface area contributed by atoms with Crippen molar-refractivity contribution in [1.82, 2.24) is 5.32 Å². The lowest BCUT2D eigenvalue weighted by molar-refractivity contribution is -0.305. The normalized spacial score (nSPS) is 20.9. The van der Waals surface area contributed by atoms with E-state index in [9.17, 15) is 35.1 Å². The quantitative estimate of drug-likeness (QED) is 0.0150. The number of aliphatic hydroxyl groups excluding tert-OH is 5. The highest BCUT2D eigenvalue weighted by Gasteiger charge is 2.47. The summed E-state index contributed by atoms with van der Waals surface area (Å²) in [6, 6.07) is -1.07. The van der Waals surface area contributed by atoms with Gasteiger partial charge in [-0.2, -0.15) is 0 Å². The summed E-state index contributed by atoms with van der Waals surface area (Å²) in [5, 5.41) is 56.4. The Morgan fingerprint density at radius 2 is 1.11 bits per heavy atom. The van der Waals surface area contributed by atoms with E-state index in [1.165, 1.54) is 83.5 Å². The van der Waals surface area contributed by atoms with Crippen LogP contribution in [0.3, 0.4) is 0 Å². The molecule has 378 valence electrons. The number of aliphatic hydroxyl groups is 5. The molecule has 1 rings (SSSR count). The van der Waals surface area contributed by atoms with Crippen LogP contribution in [0.25, 0.3) is 0 Å². The second-order valence-electron chi connectivity index (χ2n) is 17.6. The number of carbonyl (C=O) groups excluding carboxylic acids is 2. The van der Waals surface area contributed by atoms with Crippen LogP contribution in [0.1, 0.15) is 188 Å². The number of esters is 1. The number of allylic oxidation sites excluding steroid dienone is 13. The molecule has 6 N–H and O–H groups in total. The zero-order chi connectivity index (χ0) is 48.3. The van der Waals surface area contributed by atoms with Crippen molar-refractivity contribution in [1.29, 1.82) is 0 Å². The van der Waals surface area contributed by atoms with Gasteiger partial charge in [-0.25, -0.2) is 0 Å². The van der Waals surface area contributed by atoms with Gasteiger partial charge < -0.3 is 45.1 Å². The van der Waals surface area contributed by atoms with Gasteiger partial charge in [0, 0.05) is 6.42 Å². The molecule has 8 unspecified atom stereocenters. The van der Waals surface area contributed by atoms with Gasteiger partial charge in [-0.05, 0) is 64.2 Å². The first-order valence-corrected chi connectivity index (χ1v) is 25.9. The molecule has 1 amide bonds. The predicted molar refractivity (Wildman–Crippen MR) is 269 cm³/mol. The fraction of sp³-hybridized carbons (Fsp3) is 0.709. The first-order chi connectivity index (χ1) is 32.2. The van der Waals surface area contributed by atoms with E-state index >= 15 is 0 Å². The van der Waals surface area contributed by atoms with E-state index in [-0.39, 0.29) is 19.4 Å². The Kier molecular flexibility index (Phi) is 39.8. The number of rotatable bonds is 41. The first-order valence-electron chi connectivity index (χ1n) is 25.9. The van der Waals surface area contributed by atoms with Gasteiger partial charge in [-0.1, -0.05) is 202 Å². The highest BCUT2D eigenvalue weighted by atomic mass is 16.7. The molecule has 0 aromatic carbocycles. The van der Waals surface area contributed by atoms with Crippen molar-refractivity contribution in [2.24, 2.45) is 0 Å². The van der Waals surface area contributed by atoms with Crippen LogP contribution in [0, 0.1) is 0 Å². The van der Waals surface area contributed by atoms with E-state index in [2.05, 4.69) is 44.3 Å². The van der Waals surface area contributed by atoms with Gasteiger partial charge in [0.05, 0.1) is 25.4 Å². The second-order valence-corrected chi connectivity index (χ2v) is 17.6.